The summed E-state index contributed by atoms with van der Waals surface area (Å²) in [6.45, 7) is 2.00. The van der Waals surface area contributed by atoms with E-state index in [0.717, 1.165) is 47.8 Å². The Morgan fingerprint density at radius 1 is 1.22 bits per heavy atom. The van der Waals surface area contributed by atoms with Gasteiger partial charge in [-0.2, -0.15) is 0 Å². The molecule has 1 aliphatic carbocycles. The second kappa shape index (κ2) is 4.02. The number of rotatable bonds is 1. The lowest BCUT2D eigenvalue weighted by Gasteiger charge is -2.34. The molecule has 1 aromatic carbocycles. The van der Waals surface area contributed by atoms with E-state index >= 15 is 0 Å². The van der Waals surface area contributed by atoms with E-state index in [1.165, 1.54) is 6.42 Å². The molecule has 0 unspecified atom stereocenters. The molecule has 4 N–H and O–H groups in total. The molecule has 0 aliphatic heterocycles. The second-order valence-electron chi connectivity index (χ2n) is 5.59. The third-order valence-electron chi connectivity index (χ3n) is 4.19. The molecule has 3 rings (SSSR count). The summed E-state index contributed by atoms with van der Waals surface area (Å²) >= 11 is 0. The van der Waals surface area contributed by atoms with E-state index in [0.29, 0.717) is 5.75 Å². The molecule has 0 spiro atoms. The van der Waals surface area contributed by atoms with E-state index in [1.807, 2.05) is 25.1 Å². The van der Waals surface area contributed by atoms with Crippen LogP contribution in [0.4, 0.5) is 0 Å². The molecule has 0 radical (unpaired) electrons. The Labute approximate surface area is 107 Å². The SMILES string of the molecule is Cc1cc2c(O)c(C3(N)CCCCC3)ccc2[nH]1. The highest BCUT2D eigenvalue weighted by Gasteiger charge is 2.32. The number of H-pyrrole nitrogens is 1. The van der Waals surface area contributed by atoms with Gasteiger partial charge in [-0.05, 0) is 31.9 Å². The Hall–Kier alpha value is -1.48. The average Bonchev–Trinajstić information content (AvgIpc) is 2.72. The van der Waals surface area contributed by atoms with Crippen molar-refractivity contribution in [3.05, 3.63) is 29.5 Å². The van der Waals surface area contributed by atoms with Crippen molar-refractivity contribution in [1.29, 1.82) is 0 Å². The Bertz CT molecular complexity index is 579. The topological polar surface area (TPSA) is 62.0 Å². The summed E-state index contributed by atoms with van der Waals surface area (Å²) < 4.78 is 0. The first kappa shape index (κ1) is 11.6. The van der Waals surface area contributed by atoms with Crippen LogP contribution in [0.15, 0.2) is 18.2 Å². The van der Waals surface area contributed by atoms with Crippen molar-refractivity contribution in [3.63, 3.8) is 0 Å². The van der Waals surface area contributed by atoms with Crippen LogP contribution in [0.3, 0.4) is 0 Å². The maximum atomic E-state index is 10.5. The lowest BCUT2D eigenvalue weighted by molar-refractivity contribution is 0.293. The van der Waals surface area contributed by atoms with Crippen molar-refractivity contribution in [2.24, 2.45) is 5.73 Å². The van der Waals surface area contributed by atoms with Crippen LogP contribution in [0.5, 0.6) is 5.75 Å². The number of aryl methyl sites for hydroxylation is 1. The number of fused-ring (bicyclic) bond motifs is 1. The van der Waals surface area contributed by atoms with Crippen molar-refractivity contribution in [2.45, 2.75) is 44.6 Å². The number of hydrogen-bond donors (Lipinski definition) is 3. The van der Waals surface area contributed by atoms with E-state index < -0.39 is 0 Å². The molecule has 3 nitrogen and oxygen atoms in total. The first-order valence-corrected chi connectivity index (χ1v) is 6.71. The van der Waals surface area contributed by atoms with Crippen LogP contribution in [0.2, 0.25) is 0 Å². The number of aromatic hydroxyl groups is 1. The van der Waals surface area contributed by atoms with Crippen molar-refractivity contribution in [1.82, 2.24) is 4.98 Å². The third-order valence-corrected chi connectivity index (χ3v) is 4.19. The number of aromatic nitrogens is 1. The molecule has 0 amide bonds. The molecule has 96 valence electrons. The van der Waals surface area contributed by atoms with Crippen molar-refractivity contribution < 1.29 is 5.11 Å². The van der Waals surface area contributed by atoms with Crippen LogP contribution in [0.25, 0.3) is 10.9 Å². The first-order chi connectivity index (χ1) is 8.60. The maximum absolute atomic E-state index is 10.5. The van der Waals surface area contributed by atoms with Gasteiger partial charge in [-0.15, -0.1) is 0 Å². The zero-order chi connectivity index (χ0) is 12.8. The Morgan fingerprint density at radius 2 is 1.94 bits per heavy atom. The number of nitrogens with two attached hydrogens (primary N) is 1. The number of nitrogens with one attached hydrogen (secondary N) is 1. The summed E-state index contributed by atoms with van der Waals surface area (Å²) in [5.41, 5.74) is 9.12. The molecule has 0 atom stereocenters. The van der Waals surface area contributed by atoms with Gasteiger partial charge < -0.3 is 15.8 Å². The highest BCUT2D eigenvalue weighted by atomic mass is 16.3. The van der Waals surface area contributed by atoms with E-state index in [9.17, 15) is 5.11 Å². The van der Waals surface area contributed by atoms with Gasteiger partial charge in [0.25, 0.3) is 0 Å². The molecule has 18 heavy (non-hydrogen) atoms. The molecule has 1 heterocycles. The number of benzene rings is 1. The molecule has 1 aromatic heterocycles. The highest BCUT2D eigenvalue weighted by molar-refractivity contribution is 5.88. The van der Waals surface area contributed by atoms with Gasteiger partial charge in [-0.1, -0.05) is 25.3 Å². The number of phenolic OH excluding ortho intramolecular Hbond substituents is 1. The smallest absolute Gasteiger partial charge is 0.130 e. The number of hydrogen-bond acceptors (Lipinski definition) is 2. The first-order valence-electron chi connectivity index (χ1n) is 6.71. The fourth-order valence-electron chi connectivity index (χ4n) is 3.18. The predicted octanol–water partition coefficient (Wildman–Crippen LogP) is 3.30. The summed E-state index contributed by atoms with van der Waals surface area (Å²) in [6, 6.07) is 6.00. The van der Waals surface area contributed by atoms with E-state index in [1.54, 1.807) is 0 Å². The number of phenols is 1. The molecule has 1 saturated carbocycles. The summed E-state index contributed by atoms with van der Waals surface area (Å²) in [5.74, 6) is 0.362. The molecular formula is C15H20N2O. The molecule has 1 fully saturated rings. The third kappa shape index (κ3) is 1.70. The zero-order valence-electron chi connectivity index (χ0n) is 10.8. The van der Waals surface area contributed by atoms with Gasteiger partial charge in [0.05, 0.1) is 0 Å². The summed E-state index contributed by atoms with van der Waals surface area (Å²) in [5, 5.41) is 11.4. The summed E-state index contributed by atoms with van der Waals surface area (Å²) in [7, 11) is 0. The second-order valence-corrected chi connectivity index (χ2v) is 5.59. The van der Waals surface area contributed by atoms with Gasteiger partial charge in [-0.25, -0.2) is 0 Å². The van der Waals surface area contributed by atoms with Crippen molar-refractivity contribution in [3.8, 4) is 5.75 Å². The standard InChI is InChI=1S/C15H20N2O/c1-10-9-11-13(17-10)6-5-12(14(11)18)15(16)7-3-2-4-8-15/h5-6,9,17-18H,2-4,7-8,16H2,1H3. The Kier molecular flexibility index (Phi) is 2.59. The Morgan fingerprint density at radius 3 is 2.67 bits per heavy atom. The number of aromatic amines is 1. The largest absolute Gasteiger partial charge is 0.507 e. The lowest BCUT2D eigenvalue weighted by atomic mass is 9.77. The van der Waals surface area contributed by atoms with E-state index in [4.69, 9.17) is 5.73 Å². The van der Waals surface area contributed by atoms with Gasteiger partial charge in [0.15, 0.2) is 0 Å². The van der Waals surface area contributed by atoms with Crippen molar-refractivity contribution in [2.75, 3.05) is 0 Å². The highest BCUT2D eigenvalue weighted by Crippen LogP contribution is 2.41. The molecule has 2 aromatic rings. The molecule has 3 heteroatoms. The van der Waals surface area contributed by atoms with Crippen LogP contribution in [0, 0.1) is 6.92 Å². The minimum Gasteiger partial charge on any atom is -0.507 e. The predicted molar refractivity (Wildman–Crippen MR) is 73.7 cm³/mol. The Balaban J connectivity index is 2.14. The van der Waals surface area contributed by atoms with Crippen LogP contribution >= 0.6 is 0 Å². The van der Waals surface area contributed by atoms with Gasteiger partial charge in [0, 0.05) is 27.7 Å². The maximum Gasteiger partial charge on any atom is 0.130 e. The van der Waals surface area contributed by atoms with E-state index in [2.05, 4.69) is 4.98 Å². The van der Waals surface area contributed by atoms with E-state index in [-0.39, 0.29) is 5.54 Å². The minimum absolute atomic E-state index is 0.346. The van der Waals surface area contributed by atoms with Gasteiger partial charge >= 0.3 is 0 Å². The molecule has 0 saturated heterocycles. The van der Waals surface area contributed by atoms with Crippen LogP contribution in [-0.4, -0.2) is 10.1 Å². The lowest BCUT2D eigenvalue weighted by Crippen LogP contribution is -2.38. The average molecular weight is 244 g/mol. The van der Waals surface area contributed by atoms with Gasteiger partial charge in [-0.3, -0.25) is 0 Å². The normalized spacial score (nSPS) is 19.2. The van der Waals surface area contributed by atoms with Crippen molar-refractivity contribution >= 4 is 10.9 Å². The fourth-order valence-corrected chi connectivity index (χ4v) is 3.18. The van der Waals surface area contributed by atoms with Gasteiger partial charge in [0.2, 0.25) is 0 Å². The van der Waals surface area contributed by atoms with Gasteiger partial charge in [0.1, 0.15) is 5.75 Å². The summed E-state index contributed by atoms with van der Waals surface area (Å²) in [4.78, 5) is 3.24. The monoisotopic (exact) mass is 244 g/mol. The molecule has 0 bridgehead atoms. The quantitative estimate of drug-likeness (QED) is 0.720. The minimum atomic E-state index is -0.346. The van der Waals surface area contributed by atoms with Crippen LogP contribution in [-0.2, 0) is 5.54 Å². The fraction of sp³-hybridized carbons (Fsp3) is 0.467. The molecule has 1 aliphatic rings. The zero-order valence-corrected chi connectivity index (χ0v) is 10.8. The van der Waals surface area contributed by atoms with Crippen LogP contribution in [0.1, 0.15) is 43.4 Å². The molecular weight excluding hydrogens is 224 g/mol. The van der Waals surface area contributed by atoms with Crippen LogP contribution < -0.4 is 5.73 Å². The summed E-state index contributed by atoms with van der Waals surface area (Å²) in [6.07, 6.45) is 5.50.